The Morgan fingerprint density at radius 3 is 2.62 bits per heavy atom. The monoisotopic (exact) mass is 185 g/mol. The van der Waals surface area contributed by atoms with Gasteiger partial charge in [-0.3, -0.25) is 0 Å². The van der Waals surface area contributed by atoms with Crippen LogP contribution in [-0.2, 0) is 15.9 Å². The molecule has 74 valence electrons. The summed E-state index contributed by atoms with van der Waals surface area (Å²) in [5.74, 6) is 0.839. The molecule has 1 aromatic heterocycles. The highest BCUT2D eigenvalue weighted by molar-refractivity contribution is 5.00. The second-order valence-electron chi connectivity index (χ2n) is 2.79. The molecule has 0 bridgehead atoms. The normalized spacial score (nSPS) is 13.5. The molecule has 0 saturated heterocycles. The minimum absolute atomic E-state index is 0.207. The zero-order valence-corrected chi connectivity index (χ0v) is 7.90. The van der Waals surface area contributed by atoms with E-state index in [-0.39, 0.29) is 12.3 Å². The number of hydrogen-bond donors (Lipinski definition) is 1. The molecule has 0 spiro atoms. The quantitative estimate of drug-likeness (QED) is 0.688. The number of nitrogens with two attached hydrogens (primary N) is 1. The molecule has 1 aromatic rings. The first-order valence-corrected chi connectivity index (χ1v) is 4.11. The van der Waals surface area contributed by atoms with Crippen LogP contribution in [0, 0.1) is 0 Å². The standard InChI is InChI=1S/C9H15NO3/c1-11-9(12-2)8(10)6-7-4-3-5-13-7/h3-5,8-9H,6,10H2,1-2H3. The molecule has 0 aliphatic carbocycles. The van der Waals surface area contributed by atoms with Crippen LogP contribution in [0.25, 0.3) is 0 Å². The Labute approximate surface area is 77.6 Å². The van der Waals surface area contributed by atoms with Crippen LogP contribution in [0.3, 0.4) is 0 Å². The SMILES string of the molecule is COC(OC)C(N)Cc1ccco1. The summed E-state index contributed by atoms with van der Waals surface area (Å²) in [6.45, 7) is 0. The van der Waals surface area contributed by atoms with Crippen LogP contribution < -0.4 is 5.73 Å². The Morgan fingerprint density at radius 2 is 2.15 bits per heavy atom. The van der Waals surface area contributed by atoms with Gasteiger partial charge in [0, 0.05) is 20.6 Å². The number of ether oxygens (including phenoxy) is 2. The van der Waals surface area contributed by atoms with Crippen molar-refractivity contribution in [1.82, 2.24) is 0 Å². The molecule has 0 aromatic carbocycles. The second-order valence-corrected chi connectivity index (χ2v) is 2.79. The Morgan fingerprint density at radius 1 is 1.46 bits per heavy atom. The summed E-state index contributed by atoms with van der Waals surface area (Å²) >= 11 is 0. The Hall–Kier alpha value is -0.840. The van der Waals surface area contributed by atoms with E-state index >= 15 is 0 Å². The van der Waals surface area contributed by atoms with Crippen LogP contribution in [0.4, 0.5) is 0 Å². The summed E-state index contributed by atoms with van der Waals surface area (Å²) in [6, 6.07) is 3.50. The molecule has 1 rings (SSSR count). The van der Waals surface area contributed by atoms with Crippen molar-refractivity contribution >= 4 is 0 Å². The van der Waals surface area contributed by atoms with Gasteiger partial charge < -0.3 is 19.6 Å². The number of rotatable bonds is 5. The first-order chi connectivity index (χ1) is 6.27. The molecule has 1 atom stereocenters. The van der Waals surface area contributed by atoms with E-state index in [1.54, 1.807) is 20.5 Å². The van der Waals surface area contributed by atoms with Crippen LogP contribution in [-0.4, -0.2) is 26.6 Å². The molecule has 4 nitrogen and oxygen atoms in total. The van der Waals surface area contributed by atoms with Gasteiger partial charge in [0.1, 0.15) is 5.76 Å². The molecule has 0 radical (unpaired) electrons. The van der Waals surface area contributed by atoms with E-state index in [1.807, 2.05) is 12.1 Å². The van der Waals surface area contributed by atoms with Gasteiger partial charge in [-0.2, -0.15) is 0 Å². The molecule has 0 aliphatic rings. The van der Waals surface area contributed by atoms with Gasteiger partial charge in [0.05, 0.1) is 12.3 Å². The van der Waals surface area contributed by atoms with E-state index in [0.29, 0.717) is 6.42 Å². The molecule has 0 fully saturated rings. The minimum Gasteiger partial charge on any atom is -0.469 e. The van der Waals surface area contributed by atoms with Crippen LogP contribution in [0.1, 0.15) is 5.76 Å². The summed E-state index contributed by atoms with van der Waals surface area (Å²) in [5.41, 5.74) is 5.82. The van der Waals surface area contributed by atoms with E-state index in [4.69, 9.17) is 19.6 Å². The van der Waals surface area contributed by atoms with Crippen molar-refractivity contribution in [2.24, 2.45) is 5.73 Å². The molecule has 0 amide bonds. The van der Waals surface area contributed by atoms with E-state index in [9.17, 15) is 0 Å². The maximum Gasteiger partial charge on any atom is 0.172 e. The molecule has 0 saturated carbocycles. The van der Waals surface area contributed by atoms with Gasteiger partial charge in [0.15, 0.2) is 6.29 Å². The van der Waals surface area contributed by atoms with Crippen molar-refractivity contribution in [1.29, 1.82) is 0 Å². The Bertz CT molecular complexity index is 219. The highest BCUT2D eigenvalue weighted by atomic mass is 16.7. The van der Waals surface area contributed by atoms with Gasteiger partial charge in [-0.05, 0) is 12.1 Å². The average Bonchev–Trinajstić information content (AvgIpc) is 2.59. The fourth-order valence-electron chi connectivity index (χ4n) is 1.20. The maximum atomic E-state index is 5.82. The van der Waals surface area contributed by atoms with Crippen molar-refractivity contribution in [2.45, 2.75) is 18.8 Å². The number of hydrogen-bond acceptors (Lipinski definition) is 4. The first kappa shape index (κ1) is 10.2. The maximum absolute atomic E-state index is 5.82. The first-order valence-electron chi connectivity index (χ1n) is 4.11. The van der Waals surface area contributed by atoms with Gasteiger partial charge in [-0.15, -0.1) is 0 Å². The zero-order chi connectivity index (χ0) is 9.68. The summed E-state index contributed by atoms with van der Waals surface area (Å²) < 4.78 is 15.2. The Balaban J connectivity index is 2.44. The highest BCUT2D eigenvalue weighted by Gasteiger charge is 2.17. The van der Waals surface area contributed by atoms with Gasteiger partial charge in [0.25, 0.3) is 0 Å². The molecular formula is C9H15NO3. The summed E-state index contributed by atoms with van der Waals surface area (Å²) in [5, 5.41) is 0. The van der Waals surface area contributed by atoms with Crippen molar-refractivity contribution < 1.29 is 13.9 Å². The van der Waals surface area contributed by atoms with Crippen LogP contribution in [0.15, 0.2) is 22.8 Å². The average molecular weight is 185 g/mol. The molecule has 1 heterocycles. The molecular weight excluding hydrogens is 170 g/mol. The molecule has 0 aliphatic heterocycles. The lowest BCUT2D eigenvalue weighted by molar-refractivity contribution is -0.116. The summed E-state index contributed by atoms with van der Waals surface area (Å²) in [7, 11) is 3.13. The fourth-order valence-corrected chi connectivity index (χ4v) is 1.20. The van der Waals surface area contributed by atoms with E-state index in [1.165, 1.54) is 0 Å². The number of furan rings is 1. The van der Waals surface area contributed by atoms with E-state index in [0.717, 1.165) is 5.76 Å². The van der Waals surface area contributed by atoms with Crippen LogP contribution in [0.5, 0.6) is 0 Å². The van der Waals surface area contributed by atoms with E-state index in [2.05, 4.69) is 0 Å². The zero-order valence-electron chi connectivity index (χ0n) is 7.90. The lowest BCUT2D eigenvalue weighted by atomic mass is 10.2. The number of methoxy groups -OCH3 is 2. The topological polar surface area (TPSA) is 57.6 Å². The van der Waals surface area contributed by atoms with Crippen molar-refractivity contribution in [2.75, 3.05) is 14.2 Å². The summed E-state index contributed by atoms with van der Waals surface area (Å²) in [4.78, 5) is 0. The van der Waals surface area contributed by atoms with Crippen molar-refractivity contribution in [3.8, 4) is 0 Å². The highest BCUT2D eigenvalue weighted by Crippen LogP contribution is 2.07. The minimum atomic E-state index is -0.384. The third kappa shape index (κ3) is 2.84. The predicted molar refractivity (Wildman–Crippen MR) is 48.2 cm³/mol. The lowest BCUT2D eigenvalue weighted by Gasteiger charge is -2.19. The van der Waals surface area contributed by atoms with Crippen LogP contribution >= 0.6 is 0 Å². The Kier molecular flexibility index (Phi) is 3.95. The molecule has 4 heteroatoms. The van der Waals surface area contributed by atoms with E-state index < -0.39 is 0 Å². The van der Waals surface area contributed by atoms with Crippen molar-refractivity contribution in [3.63, 3.8) is 0 Å². The smallest absolute Gasteiger partial charge is 0.172 e. The van der Waals surface area contributed by atoms with Gasteiger partial charge >= 0.3 is 0 Å². The predicted octanol–water partition coefficient (Wildman–Crippen LogP) is 0.768. The molecule has 13 heavy (non-hydrogen) atoms. The van der Waals surface area contributed by atoms with Gasteiger partial charge in [-0.25, -0.2) is 0 Å². The van der Waals surface area contributed by atoms with Crippen molar-refractivity contribution in [3.05, 3.63) is 24.2 Å². The lowest BCUT2D eigenvalue weighted by Crippen LogP contribution is -2.39. The van der Waals surface area contributed by atoms with Gasteiger partial charge in [-0.1, -0.05) is 0 Å². The largest absolute Gasteiger partial charge is 0.469 e. The van der Waals surface area contributed by atoms with Crippen LogP contribution in [0.2, 0.25) is 0 Å². The molecule has 1 unspecified atom stereocenters. The van der Waals surface area contributed by atoms with Gasteiger partial charge in [0.2, 0.25) is 0 Å². The second kappa shape index (κ2) is 5.01. The fraction of sp³-hybridized carbons (Fsp3) is 0.556. The summed E-state index contributed by atoms with van der Waals surface area (Å²) in [6.07, 6.45) is 1.85. The third-order valence-corrected chi connectivity index (χ3v) is 1.83. The third-order valence-electron chi connectivity index (χ3n) is 1.83. The molecule has 2 N–H and O–H groups in total.